The molecular formula is C30H34N4O3S. The van der Waals surface area contributed by atoms with Gasteiger partial charge in [0.2, 0.25) is 0 Å². The number of hydrogen-bond acceptors (Lipinski definition) is 5. The van der Waals surface area contributed by atoms with Crippen molar-refractivity contribution in [1.82, 2.24) is 9.80 Å². The van der Waals surface area contributed by atoms with E-state index >= 15 is 0 Å². The number of rotatable bonds is 8. The van der Waals surface area contributed by atoms with Crippen molar-refractivity contribution in [2.45, 2.75) is 37.0 Å². The summed E-state index contributed by atoms with van der Waals surface area (Å²) in [6, 6.07) is 22.5. The first kappa shape index (κ1) is 26.1. The van der Waals surface area contributed by atoms with E-state index < -0.39 is 10.0 Å². The molecule has 5 rings (SSSR count). The Morgan fingerprint density at radius 2 is 1.71 bits per heavy atom. The van der Waals surface area contributed by atoms with Crippen molar-refractivity contribution < 1.29 is 13.2 Å². The van der Waals surface area contributed by atoms with Crippen LogP contribution >= 0.6 is 0 Å². The maximum atomic E-state index is 13.2. The molecule has 1 N–H and O–H groups in total. The maximum Gasteiger partial charge on any atom is 0.264 e. The van der Waals surface area contributed by atoms with Crippen LogP contribution in [0.25, 0.3) is 0 Å². The Balaban J connectivity index is 1.16. The van der Waals surface area contributed by atoms with Crippen molar-refractivity contribution in [3.63, 3.8) is 0 Å². The zero-order chi connectivity index (χ0) is 26.4. The Kier molecular flexibility index (Phi) is 8.20. The van der Waals surface area contributed by atoms with Gasteiger partial charge < -0.3 is 9.80 Å². The predicted molar refractivity (Wildman–Crippen MR) is 152 cm³/mol. The van der Waals surface area contributed by atoms with Gasteiger partial charge in [0.25, 0.3) is 15.9 Å². The number of anilines is 1. The number of aryl methyl sites for hydroxylation is 2. The van der Waals surface area contributed by atoms with Crippen molar-refractivity contribution >= 4 is 33.5 Å². The van der Waals surface area contributed by atoms with E-state index in [4.69, 9.17) is 0 Å². The Hall–Kier alpha value is -3.49. The van der Waals surface area contributed by atoms with E-state index in [0.717, 1.165) is 63.8 Å². The fourth-order valence-electron chi connectivity index (χ4n) is 5.13. The average Bonchev–Trinajstić information content (AvgIpc) is 3.19. The molecule has 0 aromatic heterocycles. The largest absolute Gasteiger partial charge is 0.337 e. The van der Waals surface area contributed by atoms with Crippen LogP contribution in [0.4, 0.5) is 11.4 Å². The number of para-hydroxylation sites is 1. The lowest BCUT2D eigenvalue weighted by Crippen LogP contribution is -2.35. The van der Waals surface area contributed by atoms with Crippen molar-refractivity contribution in [2.24, 2.45) is 4.99 Å². The van der Waals surface area contributed by atoms with Gasteiger partial charge in [0.05, 0.1) is 5.69 Å². The first-order chi connectivity index (χ1) is 18.5. The van der Waals surface area contributed by atoms with Gasteiger partial charge in [0.1, 0.15) is 4.90 Å². The van der Waals surface area contributed by atoms with Crippen LogP contribution in [0.2, 0.25) is 0 Å². The summed E-state index contributed by atoms with van der Waals surface area (Å²) in [5, 5.41) is 0. The van der Waals surface area contributed by atoms with Crippen molar-refractivity contribution in [3.05, 3.63) is 89.5 Å². The van der Waals surface area contributed by atoms with Crippen LogP contribution in [0.15, 0.2) is 82.7 Å². The van der Waals surface area contributed by atoms with Gasteiger partial charge in [-0.1, -0.05) is 42.5 Å². The third kappa shape index (κ3) is 6.31. The molecule has 1 fully saturated rings. The zero-order valence-electron chi connectivity index (χ0n) is 21.6. The van der Waals surface area contributed by atoms with Crippen LogP contribution in [0.3, 0.4) is 0 Å². The van der Waals surface area contributed by atoms with Gasteiger partial charge in [-0.2, -0.15) is 0 Å². The summed E-state index contributed by atoms with van der Waals surface area (Å²) in [5.74, 6) is -0.0167. The van der Waals surface area contributed by atoms with Crippen LogP contribution < -0.4 is 4.72 Å². The van der Waals surface area contributed by atoms with Crippen LogP contribution in [0.5, 0.6) is 0 Å². The van der Waals surface area contributed by atoms with Gasteiger partial charge in [0.15, 0.2) is 0 Å². The number of aliphatic imine (C=N–C) groups is 1. The van der Waals surface area contributed by atoms with E-state index in [2.05, 4.69) is 38.9 Å². The molecule has 2 aliphatic heterocycles. The SMILES string of the molecule is O=C(c1ccc(NS(=O)(=O)c2cccc3c2N=CCC3)cc1)N1CCCN(CCCc2ccccc2)CC1. The van der Waals surface area contributed by atoms with E-state index in [-0.39, 0.29) is 10.8 Å². The van der Waals surface area contributed by atoms with Crippen molar-refractivity contribution in [3.8, 4) is 0 Å². The molecule has 3 aromatic rings. The summed E-state index contributed by atoms with van der Waals surface area (Å²) in [6.45, 7) is 4.30. The molecule has 2 aliphatic rings. The molecule has 1 amide bonds. The summed E-state index contributed by atoms with van der Waals surface area (Å²) in [6.07, 6.45) is 6.46. The number of nitrogens with one attached hydrogen (secondary N) is 1. The minimum absolute atomic E-state index is 0.0167. The summed E-state index contributed by atoms with van der Waals surface area (Å²) >= 11 is 0. The number of carbonyl (C=O) groups is 1. The van der Waals surface area contributed by atoms with Crippen LogP contribution in [0.1, 0.15) is 40.7 Å². The second-order valence-electron chi connectivity index (χ2n) is 9.87. The first-order valence-corrected chi connectivity index (χ1v) is 14.8. The third-order valence-corrected chi connectivity index (χ3v) is 8.59. The highest BCUT2D eigenvalue weighted by molar-refractivity contribution is 7.92. The average molecular weight is 531 g/mol. The second kappa shape index (κ2) is 11.9. The van der Waals surface area contributed by atoms with E-state index in [1.807, 2.05) is 17.0 Å². The van der Waals surface area contributed by atoms with E-state index in [1.165, 1.54) is 5.56 Å². The molecule has 0 unspecified atom stereocenters. The lowest BCUT2D eigenvalue weighted by Gasteiger charge is -2.22. The number of hydrogen-bond donors (Lipinski definition) is 1. The first-order valence-electron chi connectivity index (χ1n) is 13.3. The van der Waals surface area contributed by atoms with Gasteiger partial charge in [-0.05, 0) is 86.7 Å². The molecule has 0 atom stereocenters. The lowest BCUT2D eigenvalue weighted by molar-refractivity contribution is 0.0761. The number of carbonyl (C=O) groups excluding carboxylic acids is 1. The fourth-order valence-corrected chi connectivity index (χ4v) is 6.38. The summed E-state index contributed by atoms with van der Waals surface area (Å²) in [7, 11) is -3.81. The van der Waals surface area contributed by atoms with Gasteiger partial charge in [-0.15, -0.1) is 0 Å². The normalized spacial score (nSPS) is 16.1. The van der Waals surface area contributed by atoms with Crippen molar-refractivity contribution in [2.75, 3.05) is 37.4 Å². The molecule has 0 radical (unpaired) electrons. The minimum atomic E-state index is -3.81. The Labute approximate surface area is 225 Å². The highest BCUT2D eigenvalue weighted by Gasteiger charge is 2.23. The highest BCUT2D eigenvalue weighted by atomic mass is 32.2. The van der Waals surface area contributed by atoms with Crippen molar-refractivity contribution in [1.29, 1.82) is 0 Å². The smallest absolute Gasteiger partial charge is 0.264 e. The monoisotopic (exact) mass is 530 g/mol. The molecule has 8 heteroatoms. The second-order valence-corrected chi connectivity index (χ2v) is 11.5. The Morgan fingerprint density at radius 3 is 2.53 bits per heavy atom. The Morgan fingerprint density at radius 1 is 0.895 bits per heavy atom. The standard InChI is InChI=1S/C30H34N4O3S/c35-30(34-21-7-20-33(22-23-34)19-6-10-24-8-2-1-3-9-24)26-14-16-27(17-15-26)32-38(36,37)28-13-4-11-25-12-5-18-31-29(25)28/h1-4,8-9,11,13-18,32H,5-7,10,12,19-23H2. The molecule has 0 saturated carbocycles. The van der Waals surface area contributed by atoms with E-state index in [9.17, 15) is 13.2 Å². The van der Waals surface area contributed by atoms with Gasteiger partial charge in [-0.25, -0.2) is 8.42 Å². The molecule has 0 bridgehead atoms. The summed E-state index contributed by atoms with van der Waals surface area (Å²) < 4.78 is 28.8. The van der Waals surface area contributed by atoms with E-state index in [1.54, 1.807) is 42.6 Å². The van der Waals surface area contributed by atoms with Crippen LogP contribution in [0, 0.1) is 0 Å². The summed E-state index contributed by atoms with van der Waals surface area (Å²) in [4.78, 5) is 22.0. The van der Waals surface area contributed by atoms with Crippen LogP contribution in [-0.2, 0) is 22.9 Å². The molecule has 0 aliphatic carbocycles. The fraction of sp³-hybridized carbons (Fsp3) is 0.333. The molecule has 38 heavy (non-hydrogen) atoms. The molecule has 198 valence electrons. The Bertz CT molecular complexity index is 1390. The maximum absolute atomic E-state index is 13.2. The molecule has 0 spiro atoms. The molecule has 7 nitrogen and oxygen atoms in total. The molecular weight excluding hydrogens is 496 g/mol. The number of amides is 1. The topological polar surface area (TPSA) is 82.1 Å². The molecule has 2 heterocycles. The van der Waals surface area contributed by atoms with Gasteiger partial charge >= 0.3 is 0 Å². The third-order valence-electron chi connectivity index (χ3n) is 7.18. The number of sulfonamides is 1. The highest BCUT2D eigenvalue weighted by Crippen LogP contribution is 2.32. The molecule has 3 aromatic carbocycles. The van der Waals surface area contributed by atoms with E-state index in [0.29, 0.717) is 23.5 Å². The summed E-state index contributed by atoms with van der Waals surface area (Å²) in [5.41, 5.74) is 3.78. The predicted octanol–water partition coefficient (Wildman–Crippen LogP) is 4.92. The van der Waals surface area contributed by atoms with Gasteiger partial charge in [-0.3, -0.25) is 14.5 Å². The number of nitrogens with zero attached hydrogens (tertiary/aromatic N) is 3. The minimum Gasteiger partial charge on any atom is -0.337 e. The molecule has 1 saturated heterocycles. The van der Waals surface area contributed by atoms with Gasteiger partial charge in [0, 0.05) is 37.1 Å². The quantitative estimate of drug-likeness (QED) is 0.448. The lowest BCUT2D eigenvalue weighted by atomic mass is 10.1. The zero-order valence-corrected chi connectivity index (χ0v) is 22.4. The number of fused-ring (bicyclic) bond motifs is 1. The van der Waals surface area contributed by atoms with Crippen LogP contribution in [-0.4, -0.2) is 63.1 Å². The number of benzene rings is 3.